The van der Waals surface area contributed by atoms with Crippen LogP contribution in [0, 0.1) is 0 Å². The number of aromatic nitrogens is 2. The highest BCUT2D eigenvalue weighted by Gasteiger charge is 2.06. The summed E-state index contributed by atoms with van der Waals surface area (Å²) in [5.41, 5.74) is 1.92. The monoisotopic (exact) mass is 286 g/mol. The van der Waals surface area contributed by atoms with Crippen LogP contribution in [0.25, 0.3) is 5.69 Å². The second kappa shape index (κ2) is 7.59. The molecule has 0 aliphatic rings. The fourth-order valence-electron chi connectivity index (χ4n) is 2.04. The molecule has 2 aromatic rings. The predicted octanol–water partition coefficient (Wildman–Crippen LogP) is 1.48. The first kappa shape index (κ1) is 15.3. The molecule has 1 N–H and O–H groups in total. The van der Waals surface area contributed by atoms with Crippen molar-refractivity contribution >= 4 is 5.91 Å². The lowest BCUT2D eigenvalue weighted by Gasteiger charge is -2.09. The Bertz CT molecular complexity index is 563. The van der Waals surface area contributed by atoms with Crippen LogP contribution in [-0.4, -0.2) is 47.8 Å². The van der Waals surface area contributed by atoms with Crippen molar-refractivity contribution in [2.24, 2.45) is 0 Å². The lowest BCUT2D eigenvalue weighted by Crippen LogP contribution is -2.28. The van der Waals surface area contributed by atoms with Crippen molar-refractivity contribution in [2.45, 2.75) is 12.8 Å². The van der Waals surface area contributed by atoms with Gasteiger partial charge in [0.2, 0.25) is 5.91 Å². The van der Waals surface area contributed by atoms with E-state index in [1.165, 1.54) is 0 Å². The van der Waals surface area contributed by atoms with Gasteiger partial charge in [-0.2, -0.15) is 5.10 Å². The molecule has 0 unspecified atom stereocenters. The van der Waals surface area contributed by atoms with E-state index in [0.29, 0.717) is 13.0 Å². The summed E-state index contributed by atoms with van der Waals surface area (Å²) in [6.07, 6.45) is 4.97. The van der Waals surface area contributed by atoms with E-state index in [4.69, 9.17) is 0 Å². The molecule has 21 heavy (non-hydrogen) atoms. The Morgan fingerprint density at radius 3 is 2.76 bits per heavy atom. The molecule has 0 radical (unpaired) electrons. The van der Waals surface area contributed by atoms with Crippen LogP contribution in [0.15, 0.2) is 42.7 Å². The second-order valence-electron chi connectivity index (χ2n) is 5.31. The van der Waals surface area contributed by atoms with Crippen LogP contribution in [0.4, 0.5) is 0 Å². The van der Waals surface area contributed by atoms with Crippen LogP contribution in [-0.2, 0) is 11.2 Å². The molecular formula is C16H22N4O. The molecule has 5 nitrogen and oxygen atoms in total. The van der Waals surface area contributed by atoms with Crippen LogP contribution in [0.2, 0.25) is 0 Å². The molecule has 1 aromatic carbocycles. The maximum Gasteiger partial charge on any atom is 0.224 e. The first-order valence-corrected chi connectivity index (χ1v) is 7.15. The van der Waals surface area contributed by atoms with Crippen molar-refractivity contribution < 1.29 is 4.79 Å². The fraction of sp³-hybridized carbons (Fsp3) is 0.375. The number of benzene rings is 1. The quantitative estimate of drug-likeness (QED) is 0.784. The smallest absolute Gasteiger partial charge is 0.224 e. The Labute approximate surface area is 125 Å². The average Bonchev–Trinajstić information content (AvgIpc) is 2.93. The molecule has 112 valence electrons. The summed E-state index contributed by atoms with van der Waals surface area (Å²) in [5, 5.41) is 7.22. The summed E-state index contributed by atoms with van der Waals surface area (Å²) < 4.78 is 1.79. The molecule has 1 amide bonds. The third-order valence-corrected chi connectivity index (χ3v) is 3.13. The molecule has 0 bridgehead atoms. The minimum absolute atomic E-state index is 0.0429. The van der Waals surface area contributed by atoms with E-state index >= 15 is 0 Å². The van der Waals surface area contributed by atoms with Gasteiger partial charge in [0.15, 0.2) is 0 Å². The molecule has 0 spiro atoms. The lowest BCUT2D eigenvalue weighted by atomic mass is 10.2. The van der Waals surface area contributed by atoms with Crippen LogP contribution in [0.1, 0.15) is 12.0 Å². The number of para-hydroxylation sites is 1. The largest absolute Gasteiger partial charge is 0.356 e. The summed E-state index contributed by atoms with van der Waals surface area (Å²) in [4.78, 5) is 13.9. The Balaban J connectivity index is 1.81. The topological polar surface area (TPSA) is 50.2 Å². The zero-order valence-corrected chi connectivity index (χ0v) is 12.6. The first-order valence-electron chi connectivity index (χ1n) is 7.15. The maximum atomic E-state index is 11.8. The zero-order valence-electron chi connectivity index (χ0n) is 12.6. The summed E-state index contributed by atoms with van der Waals surface area (Å²) in [6.45, 7) is 1.69. The Hall–Kier alpha value is -2.14. The van der Waals surface area contributed by atoms with E-state index < -0.39 is 0 Å². The maximum absolute atomic E-state index is 11.8. The molecule has 5 heteroatoms. The number of hydrogen-bond donors (Lipinski definition) is 1. The number of carbonyl (C=O) groups excluding carboxylic acids is 1. The molecule has 2 rings (SSSR count). The van der Waals surface area contributed by atoms with Gasteiger partial charge in [-0.1, -0.05) is 18.2 Å². The van der Waals surface area contributed by atoms with Crippen molar-refractivity contribution in [2.75, 3.05) is 27.2 Å². The summed E-state index contributed by atoms with van der Waals surface area (Å²) in [6, 6.07) is 9.87. The van der Waals surface area contributed by atoms with E-state index in [0.717, 1.165) is 24.2 Å². The van der Waals surface area contributed by atoms with Crippen LogP contribution < -0.4 is 5.32 Å². The van der Waals surface area contributed by atoms with Crippen molar-refractivity contribution in [1.29, 1.82) is 0 Å². The third-order valence-electron chi connectivity index (χ3n) is 3.13. The molecule has 0 saturated heterocycles. The Kier molecular flexibility index (Phi) is 5.51. The van der Waals surface area contributed by atoms with Crippen molar-refractivity contribution in [3.05, 3.63) is 48.3 Å². The van der Waals surface area contributed by atoms with Gasteiger partial charge in [-0.05, 0) is 44.8 Å². The van der Waals surface area contributed by atoms with Gasteiger partial charge in [-0.15, -0.1) is 0 Å². The normalized spacial score (nSPS) is 10.8. The second-order valence-corrected chi connectivity index (χ2v) is 5.31. The lowest BCUT2D eigenvalue weighted by molar-refractivity contribution is -0.120. The Morgan fingerprint density at radius 1 is 1.29 bits per heavy atom. The number of carbonyl (C=O) groups is 1. The van der Waals surface area contributed by atoms with E-state index in [1.807, 2.05) is 50.6 Å². The number of rotatable bonds is 7. The van der Waals surface area contributed by atoms with Gasteiger partial charge in [-0.3, -0.25) is 4.79 Å². The van der Waals surface area contributed by atoms with Crippen molar-refractivity contribution in [1.82, 2.24) is 20.0 Å². The molecule has 0 aliphatic heterocycles. The van der Waals surface area contributed by atoms with Crippen LogP contribution >= 0.6 is 0 Å². The summed E-state index contributed by atoms with van der Waals surface area (Å²) in [5.74, 6) is 0.0429. The van der Waals surface area contributed by atoms with E-state index in [9.17, 15) is 4.79 Å². The number of nitrogens with zero attached hydrogens (tertiary/aromatic N) is 3. The highest BCUT2D eigenvalue weighted by atomic mass is 16.1. The fourth-order valence-corrected chi connectivity index (χ4v) is 2.04. The number of hydrogen-bond acceptors (Lipinski definition) is 3. The minimum Gasteiger partial charge on any atom is -0.356 e. The third kappa shape index (κ3) is 5.04. The molecule has 1 aromatic heterocycles. The summed E-state index contributed by atoms with van der Waals surface area (Å²) >= 11 is 0. The number of nitrogens with one attached hydrogen (secondary N) is 1. The molecule has 1 heterocycles. The van der Waals surface area contributed by atoms with Gasteiger partial charge in [0.1, 0.15) is 0 Å². The molecule has 0 atom stereocenters. The average molecular weight is 286 g/mol. The highest BCUT2D eigenvalue weighted by Crippen LogP contribution is 2.07. The van der Waals surface area contributed by atoms with Crippen LogP contribution in [0.3, 0.4) is 0 Å². The van der Waals surface area contributed by atoms with Crippen LogP contribution in [0.5, 0.6) is 0 Å². The van der Waals surface area contributed by atoms with Gasteiger partial charge < -0.3 is 10.2 Å². The van der Waals surface area contributed by atoms with Gasteiger partial charge in [0.25, 0.3) is 0 Å². The Morgan fingerprint density at radius 2 is 2.05 bits per heavy atom. The summed E-state index contributed by atoms with van der Waals surface area (Å²) in [7, 11) is 4.06. The highest BCUT2D eigenvalue weighted by molar-refractivity contribution is 5.78. The number of amides is 1. The first-order chi connectivity index (χ1) is 10.1. The van der Waals surface area contributed by atoms with Crippen molar-refractivity contribution in [3.8, 4) is 5.69 Å². The molecular weight excluding hydrogens is 264 g/mol. The van der Waals surface area contributed by atoms with Crippen molar-refractivity contribution in [3.63, 3.8) is 0 Å². The predicted molar refractivity (Wildman–Crippen MR) is 83.4 cm³/mol. The minimum atomic E-state index is 0.0429. The van der Waals surface area contributed by atoms with Gasteiger partial charge >= 0.3 is 0 Å². The molecule has 0 aliphatic carbocycles. The molecule has 0 saturated carbocycles. The van der Waals surface area contributed by atoms with E-state index in [-0.39, 0.29) is 5.91 Å². The molecule has 0 fully saturated rings. The van der Waals surface area contributed by atoms with Gasteiger partial charge in [0, 0.05) is 12.7 Å². The SMILES string of the molecule is CN(C)CCCNC(=O)Cc1cnn(-c2ccccc2)c1. The van der Waals surface area contributed by atoms with Gasteiger partial charge in [-0.25, -0.2) is 4.68 Å². The zero-order chi connectivity index (χ0) is 15.1. The van der Waals surface area contributed by atoms with E-state index in [1.54, 1.807) is 10.9 Å². The van der Waals surface area contributed by atoms with Gasteiger partial charge in [0.05, 0.1) is 18.3 Å². The van der Waals surface area contributed by atoms with E-state index in [2.05, 4.69) is 15.3 Å². The standard InChI is InChI=1S/C16H22N4O/c1-19(2)10-6-9-17-16(21)11-14-12-18-20(13-14)15-7-4-3-5-8-15/h3-5,7-8,12-13H,6,9-11H2,1-2H3,(H,17,21).